The van der Waals surface area contributed by atoms with E-state index < -0.39 is 5.60 Å². The van der Waals surface area contributed by atoms with Crippen LogP contribution in [-0.2, 0) is 0 Å². The Morgan fingerprint density at radius 1 is 1.44 bits per heavy atom. The van der Waals surface area contributed by atoms with Gasteiger partial charge in [0.05, 0.1) is 23.8 Å². The molecule has 0 aliphatic heterocycles. The van der Waals surface area contributed by atoms with Gasteiger partial charge in [-0.1, -0.05) is 0 Å². The monoisotopic (exact) mass is 316 g/mol. The van der Waals surface area contributed by atoms with Crippen molar-refractivity contribution in [1.29, 1.82) is 0 Å². The molecule has 4 nitrogen and oxygen atoms in total. The number of rotatable bonds is 6. The third kappa shape index (κ3) is 4.31. The molecule has 1 aromatic rings. The number of carbonyl (C=O) groups is 1. The molecule has 1 rings (SSSR count). The molecule has 0 spiro atoms. The maximum Gasteiger partial charge on any atom is 0.175 e. The summed E-state index contributed by atoms with van der Waals surface area (Å²) in [7, 11) is 1.51. The predicted molar refractivity (Wildman–Crippen MR) is 72.5 cm³/mol. The molecule has 100 valence electrons. The molecule has 0 fully saturated rings. The quantitative estimate of drug-likeness (QED) is 0.820. The Hall–Kier alpha value is -1.07. The van der Waals surface area contributed by atoms with Crippen LogP contribution in [0.15, 0.2) is 16.6 Å². The molecule has 0 radical (unpaired) electrons. The standard InChI is InChI=1S/C13H17BrO4/c1-13(2,16)4-5-18-12-10(14)6-9(8-15)7-11(12)17-3/h6-8,16H,4-5H2,1-3H3. The number of benzene rings is 1. The van der Waals surface area contributed by atoms with E-state index in [-0.39, 0.29) is 0 Å². The third-order valence-electron chi connectivity index (χ3n) is 2.35. The van der Waals surface area contributed by atoms with Crippen LogP contribution in [0, 0.1) is 0 Å². The number of aldehydes is 1. The fraction of sp³-hybridized carbons (Fsp3) is 0.462. The summed E-state index contributed by atoms with van der Waals surface area (Å²) in [5.74, 6) is 1.02. The van der Waals surface area contributed by atoms with Crippen molar-refractivity contribution in [3.63, 3.8) is 0 Å². The first kappa shape index (κ1) is 15.0. The number of carbonyl (C=O) groups excluding carboxylic acids is 1. The summed E-state index contributed by atoms with van der Waals surface area (Å²) in [5, 5.41) is 9.60. The largest absolute Gasteiger partial charge is 0.493 e. The highest BCUT2D eigenvalue weighted by Gasteiger charge is 2.15. The average molecular weight is 317 g/mol. The van der Waals surface area contributed by atoms with Crippen molar-refractivity contribution in [2.75, 3.05) is 13.7 Å². The average Bonchev–Trinajstić information content (AvgIpc) is 2.29. The summed E-state index contributed by atoms with van der Waals surface area (Å²) in [6.07, 6.45) is 1.24. The molecule has 0 aliphatic carbocycles. The van der Waals surface area contributed by atoms with Crippen molar-refractivity contribution in [1.82, 2.24) is 0 Å². The lowest BCUT2D eigenvalue weighted by atomic mass is 10.1. The van der Waals surface area contributed by atoms with Crippen LogP contribution in [0.25, 0.3) is 0 Å². The van der Waals surface area contributed by atoms with Gasteiger partial charge in [-0.05, 0) is 41.9 Å². The minimum absolute atomic E-state index is 0.360. The third-order valence-corrected chi connectivity index (χ3v) is 2.94. The second-order valence-corrected chi connectivity index (χ2v) is 5.42. The van der Waals surface area contributed by atoms with Gasteiger partial charge in [-0.25, -0.2) is 0 Å². The smallest absolute Gasteiger partial charge is 0.175 e. The summed E-state index contributed by atoms with van der Waals surface area (Å²) in [5.41, 5.74) is -0.267. The summed E-state index contributed by atoms with van der Waals surface area (Å²) in [6, 6.07) is 3.27. The van der Waals surface area contributed by atoms with Crippen molar-refractivity contribution in [2.45, 2.75) is 25.9 Å². The molecule has 0 saturated heterocycles. The van der Waals surface area contributed by atoms with Crippen LogP contribution >= 0.6 is 15.9 Å². The zero-order chi connectivity index (χ0) is 13.8. The van der Waals surface area contributed by atoms with E-state index in [9.17, 15) is 9.90 Å². The summed E-state index contributed by atoms with van der Waals surface area (Å²) < 4.78 is 11.4. The molecule has 0 saturated carbocycles. The van der Waals surface area contributed by atoms with Crippen molar-refractivity contribution >= 4 is 22.2 Å². The molecule has 0 unspecified atom stereocenters. The summed E-state index contributed by atoms with van der Waals surface area (Å²) >= 11 is 3.33. The molecular weight excluding hydrogens is 300 g/mol. The number of methoxy groups -OCH3 is 1. The lowest BCUT2D eigenvalue weighted by Crippen LogP contribution is -2.22. The Labute approximate surface area is 115 Å². The Morgan fingerprint density at radius 2 is 2.11 bits per heavy atom. The Morgan fingerprint density at radius 3 is 2.61 bits per heavy atom. The molecule has 0 amide bonds. The summed E-state index contributed by atoms with van der Waals surface area (Å²) in [4.78, 5) is 10.7. The number of halogens is 1. The second kappa shape index (κ2) is 6.20. The van der Waals surface area contributed by atoms with E-state index in [4.69, 9.17) is 9.47 Å². The fourth-order valence-corrected chi connectivity index (χ4v) is 1.92. The van der Waals surface area contributed by atoms with Crippen LogP contribution in [-0.4, -0.2) is 30.7 Å². The van der Waals surface area contributed by atoms with E-state index in [1.807, 2.05) is 0 Å². The van der Waals surface area contributed by atoms with Crippen molar-refractivity contribution in [3.05, 3.63) is 22.2 Å². The van der Waals surface area contributed by atoms with E-state index in [1.165, 1.54) is 7.11 Å². The normalized spacial score (nSPS) is 11.2. The van der Waals surface area contributed by atoms with E-state index in [0.717, 1.165) is 6.29 Å². The van der Waals surface area contributed by atoms with Gasteiger partial charge in [0, 0.05) is 12.0 Å². The molecule has 0 aliphatic rings. The molecule has 18 heavy (non-hydrogen) atoms. The molecule has 0 atom stereocenters. The maximum atomic E-state index is 10.7. The number of hydrogen-bond acceptors (Lipinski definition) is 4. The highest BCUT2D eigenvalue weighted by atomic mass is 79.9. The predicted octanol–water partition coefficient (Wildman–Crippen LogP) is 2.81. The SMILES string of the molecule is COc1cc(C=O)cc(Br)c1OCCC(C)(C)O. The van der Waals surface area contributed by atoms with Crippen LogP contribution < -0.4 is 9.47 Å². The topological polar surface area (TPSA) is 55.8 Å². The van der Waals surface area contributed by atoms with Crippen LogP contribution in [0.2, 0.25) is 0 Å². The Kier molecular flexibility index (Phi) is 5.16. The van der Waals surface area contributed by atoms with E-state index in [1.54, 1.807) is 26.0 Å². The molecule has 0 heterocycles. The minimum Gasteiger partial charge on any atom is -0.493 e. The van der Waals surface area contributed by atoms with Gasteiger partial charge in [0.2, 0.25) is 0 Å². The second-order valence-electron chi connectivity index (χ2n) is 4.56. The molecular formula is C13H17BrO4. The van der Waals surface area contributed by atoms with Gasteiger partial charge < -0.3 is 14.6 Å². The summed E-state index contributed by atoms with van der Waals surface area (Å²) in [6.45, 7) is 3.80. The van der Waals surface area contributed by atoms with Gasteiger partial charge in [-0.15, -0.1) is 0 Å². The fourth-order valence-electron chi connectivity index (χ4n) is 1.35. The van der Waals surface area contributed by atoms with E-state index in [0.29, 0.717) is 34.6 Å². The zero-order valence-corrected chi connectivity index (χ0v) is 12.3. The highest BCUT2D eigenvalue weighted by Crippen LogP contribution is 2.36. The highest BCUT2D eigenvalue weighted by molar-refractivity contribution is 9.10. The van der Waals surface area contributed by atoms with Gasteiger partial charge in [0.15, 0.2) is 11.5 Å². The lowest BCUT2D eigenvalue weighted by molar-refractivity contribution is 0.0548. The van der Waals surface area contributed by atoms with Crippen LogP contribution in [0.5, 0.6) is 11.5 Å². The van der Waals surface area contributed by atoms with Crippen LogP contribution in [0.1, 0.15) is 30.6 Å². The van der Waals surface area contributed by atoms with E-state index in [2.05, 4.69) is 15.9 Å². The number of hydrogen-bond donors (Lipinski definition) is 1. The maximum absolute atomic E-state index is 10.7. The molecule has 0 aromatic heterocycles. The molecule has 0 bridgehead atoms. The number of aliphatic hydroxyl groups is 1. The zero-order valence-electron chi connectivity index (χ0n) is 10.7. The van der Waals surface area contributed by atoms with Crippen molar-refractivity contribution in [2.24, 2.45) is 0 Å². The molecule has 5 heteroatoms. The van der Waals surface area contributed by atoms with Gasteiger partial charge in [0.1, 0.15) is 6.29 Å². The number of ether oxygens (including phenoxy) is 2. The molecule has 1 N–H and O–H groups in total. The van der Waals surface area contributed by atoms with Crippen LogP contribution in [0.4, 0.5) is 0 Å². The Bertz CT molecular complexity index is 424. The van der Waals surface area contributed by atoms with Gasteiger partial charge in [0.25, 0.3) is 0 Å². The van der Waals surface area contributed by atoms with Gasteiger partial charge >= 0.3 is 0 Å². The molecule has 1 aromatic carbocycles. The van der Waals surface area contributed by atoms with E-state index >= 15 is 0 Å². The van der Waals surface area contributed by atoms with Crippen molar-refractivity contribution < 1.29 is 19.4 Å². The lowest BCUT2D eigenvalue weighted by Gasteiger charge is -2.18. The van der Waals surface area contributed by atoms with Gasteiger partial charge in [-0.2, -0.15) is 0 Å². The first-order valence-electron chi connectivity index (χ1n) is 5.55. The van der Waals surface area contributed by atoms with Crippen LogP contribution in [0.3, 0.4) is 0 Å². The minimum atomic E-state index is -0.775. The Balaban J connectivity index is 2.84. The van der Waals surface area contributed by atoms with Crippen molar-refractivity contribution in [3.8, 4) is 11.5 Å². The first-order chi connectivity index (χ1) is 8.37. The van der Waals surface area contributed by atoms with Gasteiger partial charge in [-0.3, -0.25) is 4.79 Å². The first-order valence-corrected chi connectivity index (χ1v) is 6.34.